The number of amides is 1. The summed E-state index contributed by atoms with van der Waals surface area (Å²) in [6.07, 6.45) is 2.75. The fraction of sp³-hybridized carbons (Fsp3) is 0.273. The van der Waals surface area contributed by atoms with Crippen LogP contribution in [0.1, 0.15) is 25.8 Å². The van der Waals surface area contributed by atoms with Gasteiger partial charge in [0.2, 0.25) is 0 Å². The molecule has 0 saturated carbocycles. The second kappa shape index (κ2) is 9.37. The van der Waals surface area contributed by atoms with Crippen molar-refractivity contribution in [3.63, 3.8) is 0 Å². The van der Waals surface area contributed by atoms with Crippen molar-refractivity contribution in [2.75, 3.05) is 19.1 Å². The van der Waals surface area contributed by atoms with E-state index in [1.807, 2.05) is 24.3 Å². The van der Waals surface area contributed by atoms with Crippen molar-refractivity contribution in [3.8, 4) is 11.5 Å². The number of ether oxygens (including phenoxy) is 2. The highest BCUT2D eigenvalue weighted by Gasteiger charge is 2.33. The lowest BCUT2D eigenvalue weighted by Gasteiger charge is -2.20. The zero-order chi connectivity index (χ0) is 21.0. The number of amidine groups is 1. The molecule has 3 rings (SSSR count). The zero-order valence-corrected chi connectivity index (χ0v) is 18.4. The highest BCUT2D eigenvalue weighted by Crippen LogP contribution is 2.35. The number of nitrogens with zero attached hydrogens (tertiary/aromatic N) is 2. The van der Waals surface area contributed by atoms with Crippen LogP contribution in [-0.2, 0) is 4.79 Å². The molecule has 0 aliphatic carbocycles. The van der Waals surface area contributed by atoms with Crippen LogP contribution in [0.25, 0.3) is 6.08 Å². The molecule has 0 saturated heterocycles. The lowest BCUT2D eigenvalue weighted by atomic mass is 10.2. The molecule has 0 fully saturated rings. The van der Waals surface area contributed by atoms with Gasteiger partial charge in [0.15, 0.2) is 5.17 Å². The number of hydrogen-bond acceptors (Lipinski definition) is 5. The molecule has 1 amide bonds. The topological polar surface area (TPSA) is 51.1 Å². The Morgan fingerprint density at radius 3 is 2.52 bits per heavy atom. The fourth-order valence-electron chi connectivity index (χ4n) is 2.71. The third-order valence-corrected chi connectivity index (χ3v) is 6.06. The molecule has 0 spiro atoms. The summed E-state index contributed by atoms with van der Waals surface area (Å²) in [5, 5.41) is 1.46. The van der Waals surface area contributed by atoms with Crippen molar-refractivity contribution in [2.45, 2.75) is 25.5 Å². The molecule has 2 aromatic rings. The van der Waals surface area contributed by atoms with E-state index in [9.17, 15) is 4.79 Å². The van der Waals surface area contributed by atoms with Gasteiger partial charge in [-0.25, -0.2) is 4.99 Å². The normalized spacial score (nSPS) is 16.2. The molecule has 152 valence electrons. The third kappa shape index (κ3) is 4.77. The van der Waals surface area contributed by atoms with Crippen molar-refractivity contribution < 1.29 is 14.3 Å². The summed E-state index contributed by atoms with van der Waals surface area (Å²) >= 11 is 7.73. The minimum absolute atomic E-state index is 0.184. The first-order chi connectivity index (χ1) is 14.0. The summed E-state index contributed by atoms with van der Waals surface area (Å²) in [6.45, 7) is 4.22. The van der Waals surface area contributed by atoms with Crippen LogP contribution in [0.3, 0.4) is 0 Å². The predicted molar refractivity (Wildman–Crippen MR) is 121 cm³/mol. The van der Waals surface area contributed by atoms with E-state index in [-0.39, 0.29) is 5.91 Å². The Hall–Kier alpha value is -2.44. The Kier molecular flexibility index (Phi) is 6.87. The van der Waals surface area contributed by atoms with Crippen LogP contribution in [0, 0.1) is 0 Å². The summed E-state index contributed by atoms with van der Waals surface area (Å²) in [6, 6.07) is 12.8. The molecule has 1 unspecified atom stereocenters. The van der Waals surface area contributed by atoms with E-state index in [2.05, 4.69) is 18.8 Å². The summed E-state index contributed by atoms with van der Waals surface area (Å²) in [4.78, 5) is 19.5. The molecule has 5 nitrogen and oxygen atoms in total. The molecular formula is C22H23ClN2O3S. The van der Waals surface area contributed by atoms with Crippen LogP contribution >= 0.6 is 23.4 Å². The van der Waals surface area contributed by atoms with Gasteiger partial charge >= 0.3 is 0 Å². The molecular weight excluding hydrogens is 408 g/mol. The van der Waals surface area contributed by atoms with E-state index in [1.165, 1.54) is 0 Å². The van der Waals surface area contributed by atoms with Crippen molar-refractivity contribution in [3.05, 3.63) is 58.7 Å². The van der Waals surface area contributed by atoms with Gasteiger partial charge in [0.05, 0.1) is 24.9 Å². The number of rotatable bonds is 6. The first-order valence-electron chi connectivity index (χ1n) is 9.26. The van der Waals surface area contributed by atoms with Crippen LogP contribution in [0.4, 0.5) is 5.69 Å². The van der Waals surface area contributed by atoms with Gasteiger partial charge in [0, 0.05) is 11.3 Å². The molecule has 1 aliphatic heterocycles. The molecule has 0 bridgehead atoms. The number of carbonyl (C=O) groups is 1. The average molecular weight is 431 g/mol. The molecule has 1 heterocycles. The number of hydrogen-bond donors (Lipinski definition) is 0. The lowest BCUT2D eigenvalue weighted by Crippen LogP contribution is -2.31. The molecule has 1 aliphatic rings. The molecule has 0 radical (unpaired) electrons. The zero-order valence-electron chi connectivity index (χ0n) is 16.8. The molecule has 29 heavy (non-hydrogen) atoms. The van der Waals surface area contributed by atoms with Crippen LogP contribution in [-0.4, -0.2) is 30.5 Å². The minimum Gasteiger partial charge on any atom is -0.497 e. The highest BCUT2D eigenvalue weighted by molar-refractivity contribution is 8.14. The van der Waals surface area contributed by atoms with Gasteiger partial charge in [-0.3, -0.25) is 9.69 Å². The number of anilines is 1. The van der Waals surface area contributed by atoms with Crippen molar-refractivity contribution in [2.24, 2.45) is 4.99 Å². The number of thioether (sulfide) groups is 1. The molecule has 0 N–H and O–H groups in total. The van der Waals surface area contributed by atoms with E-state index in [4.69, 9.17) is 21.1 Å². The second-order valence-electron chi connectivity index (χ2n) is 6.49. The highest BCUT2D eigenvalue weighted by atomic mass is 35.5. The van der Waals surface area contributed by atoms with Gasteiger partial charge in [-0.1, -0.05) is 49.3 Å². The number of benzene rings is 2. The Balaban J connectivity index is 2.00. The van der Waals surface area contributed by atoms with Crippen LogP contribution in [0.15, 0.2) is 53.2 Å². The Morgan fingerprint density at radius 2 is 1.90 bits per heavy atom. The molecule has 1 atom stereocenters. The second-order valence-corrected chi connectivity index (χ2v) is 8.31. The number of carbonyl (C=O) groups excluding carboxylic acids is 1. The van der Waals surface area contributed by atoms with Gasteiger partial charge in [-0.15, -0.1) is 0 Å². The Labute approximate surface area is 180 Å². The Morgan fingerprint density at radius 1 is 1.17 bits per heavy atom. The standard InChI is InChI=1S/C22H23ClN2O3S/c1-5-14(2)29-22-24-19(12-15-6-9-17(27-3)10-7-15)21(26)25(22)16-8-11-18(23)20(13-16)28-4/h6-14H,5H2,1-4H3/b19-12+. The summed E-state index contributed by atoms with van der Waals surface area (Å²) in [5.74, 6) is 1.09. The predicted octanol–water partition coefficient (Wildman–Crippen LogP) is 5.63. The van der Waals surface area contributed by atoms with E-state index in [0.29, 0.717) is 32.6 Å². The van der Waals surface area contributed by atoms with Crippen LogP contribution in [0.5, 0.6) is 11.5 Å². The SMILES string of the molecule is CCC(C)SC1=N/C(=C/c2ccc(OC)cc2)C(=O)N1c1ccc(Cl)c(OC)c1. The maximum atomic E-state index is 13.2. The van der Waals surface area contributed by atoms with E-state index < -0.39 is 0 Å². The van der Waals surface area contributed by atoms with Gasteiger partial charge in [0.1, 0.15) is 17.2 Å². The van der Waals surface area contributed by atoms with Gasteiger partial charge in [-0.2, -0.15) is 0 Å². The van der Waals surface area contributed by atoms with E-state index in [0.717, 1.165) is 17.7 Å². The summed E-state index contributed by atoms with van der Waals surface area (Å²) < 4.78 is 10.5. The van der Waals surface area contributed by atoms with E-state index in [1.54, 1.807) is 55.2 Å². The quantitative estimate of drug-likeness (QED) is 0.557. The first-order valence-corrected chi connectivity index (χ1v) is 10.5. The van der Waals surface area contributed by atoms with Crippen LogP contribution in [0.2, 0.25) is 5.02 Å². The Bertz CT molecular complexity index is 957. The van der Waals surface area contributed by atoms with Crippen molar-refractivity contribution in [1.29, 1.82) is 0 Å². The maximum Gasteiger partial charge on any atom is 0.283 e. The van der Waals surface area contributed by atoms with Crippen LogP contribution < -0.4 is 14.4 Å². The first kappa shape index (κ1) is 21.3. The number of methoxy groups -OCH3 is 2. The van der Waals surface area contributed by atoms with Gasteiger partial charge in [-0.05, 0) is 42.3 Å². The summed E-state index contributed by atoms with van der Waals surface area (Å²) in [7, 11) is 3.17. The lowest BCUT2D eigenvalue weighted by molar-refractivity contribution is -0.113. The number of halogens is 1. The monoisotopic (exact) mass is 430 g/mol. The van der Waals surface area contributed by atoms with Crippen molar-refractivity contribution in [1.82, 2.24) is 0 Å². The molecule has 2 aromatic carbocycles. The smallest absolute Gasteiger partial charge is 0.283 e. The van der Waals surface area contributed by atoms with E-state index >= 15 is 0 Å². The average Bonchev–Trinajstić information content (AvgIpc) is 3.03. The maximum absolute atomic E-state index is 13.2. The van der Waals surface area contributed by atoms with Gasteiger partial charge in [0.25, 0.3) is 5.91 Å². The minimum atomic E-state index is -0.184. The molecule has 7 heteroatoms. The third-order valence-electron chi connectivity index (χ3n) is 4.52. The number of aliphatic imine (C=N–C) groups is 1. The van der Waals surface area contributed by atoms with Gasteiger partial charge < -0.3 is 9.47 Å². The molecule has 0 aromatic heterocycles. The largest absolute Gasteiger partial charge is 0.497 e. The fourth-order valence-corrected chi connectivity index (χ4v) is 3.88. The summed E-state index contributed by atoms with van der Waals surface area (Å²) in [5.41, 5.74) is 1.93. The van der Waals surface area contributed by atoms with Crippen molar-refractivity contribution >= 4 is 46.2 Å².